The Morgan fingerprint density at radius 3 is 2.20 bits per heavy atom. The molecule has 0 fully saturated rings. The van der Waals surface area contributed by atoms with Gasteiger partial charge in [-0.15, -0.1) is 11.3 Å². The first-order chi connectivity index (χ1) is 7.27. The average molecular weight is 223 g/mol. The lowest BCUT2D eigenvalue weighted by molar-refractivity contribution is 1.09. The van der Waals surface area contributed by atoms with Gasteiger partial charge in [0.2, 0.25) is 0 Å². The third-order valence-electron chi connectivity index (χ3n) is 1.40. The molecule has 0 amide bonds. The zero-order valence-electron chi connectivity index (χ0n) is 10.4. The highest BCUT2D eigenvalue weighted by Gasteiger charge is 1.95. The lowest BCUT2D eigenvalue weighted by Crippen LogP contribution is -1.65. The first-order valence-electron chi connectivity index (χ1n) is 5.60. The van der Waals surface area contributed by atoms with E-state index in [-0.39, 0.29) is 0 Å². The van der Waals surface area contributed by atoms with Crippen molar-refractivity contribution in [2.75, 3.05) is 0 Å². The van der Waals surface area contributed by atoms with Gasteiger partial charge in [0.05, 0.1) is 15.2 Å². The molecule has 0 saturated carbocycles. The van der Waals surface area contributed by atoms with Gasteiger partial charge in [0.1, 0.15) is 0 Å². The van der Waals surface area contributed by atoms with E-state index in [9.17, 15) is 0 Å². The Balaban J connectivity index is 0.000000342. The predicted octanol–water partition coefficient (Wildman–Crippen LogP) is 5.05. The van der Waals surface area contributed by atoms with Crippen LogP contribution in [0.4, 0.5) is 0 Å². The average Bonchev–Trinajstić information content (AvgIpc) is 2.62. The van der Waals surface area contributed by atoms with Crippen LogP contribution in [0.1, 0.15) is 39.1 Å². The molecule has 1 aromatic carbocycles. The molecule has 2 aromatic rings. The van der Waals surface area contributed by atoms with Gasteiger partial charge in [-0.1, -0.05) is 46.2 Å². The summed E-state index contributed by atoms with van der Waals surface area (Å²) >= 11 is 1.74. The Bertz CT molecular complexity index is 332. The van der Waals surface area contributed by atoms with E-state index in [1.54, 1.807) is 11.3 Å². The quantitative estimate of drug-likeness (QED) is 0.609. The Labute approximate surface area is 97.2 Å². The molecule has 0 aliphatic heterocycles. The van der Waals surface area contributed by atoms with Crippen LogP contribution in [0.5, 0.6) is 0 Å². The van der Waals surface area contributed by atoms with E-state index in [2.05, 4.69) is 24.9 Å². The maximum absolute atomic E-state index is 4.33. The molecule has 0 radical (unpaired) electrons. The fourth-order valence-electron chi connectivity index (χ4n) is 0.987. The van der Waals surface area contributed by atoms with Crippen LogP contribution in [0.3, 0.4) is 0 Å². The minimum atomic E-state index is 1.12. The van der Waals surface area contributed by atoms with Crippen LogP contribution < -0.4 is 0 Å². The molecule has 0 aliphatic rings. The van der Waals surface area contributed by atoms with E-state index in [4.69, 9.17) is 0 Å². The molecule has 0 unspecified atom stereocenters. The number of hydrogen-bond acceptors (Lipinski definition) is 2. The fourth-order valence-corrected chi connectivity index (χ4v) is 1.81. The highest BCUT2D eigenvalue weighted by atomic mass is 32.1. The molecule has 1 heterocycles. The Kier molecular flexibility index (Phi) is 7.92. The van der Waals surface area contributed by atoms with Crippen molar-refractivity contribution in [3.63, 3.8) is 0 Å². The number of hydrogen-bond donors (Lipinski definition) is 0. The summed E-state index contributed by atoms with van der Waals surface area (Å²) in [5.74, 6) is 0. The molecule has 0 bridgehead atoms. The SMILES string of the molecule is CC.CCC.Cc1nc2ccccc2s1. The molecule has 0 aliphatic carbocycles. The predicted molar refractivity (Wildman–Crippen MR) is 71.7 cm³/mol. The number of aromatic nitrogens is 1. The summed E-state index contributed by atoms with van der Waals surface area (Å²) in [7, 11) is 0. The number of benzene rings is 1. The highest BCUT2D eigenvalue weighted by molar-refractivity contribution is 7.18. The number of thiazole rings is 1. The molecule has 15 heavy (non-hydrogen) atoms. The summed E-state index contributed by atoms with van der Waals surface area (Å²) in [5.41, 5.74) is 1.12. The van der Waals surface area contributed by atoms with E-state index in [0.29, 0.717) is 0 Å². The first-order valence-corrected chi connectivity index (χ1v) is 6.41. The smallest absolute Gasteiger partial charge is 0.0907 e. The summed E-state index contributed by atoms with van der Waals surface area (Å²) in [5, 5.41) is 1.14. The van der Waals surface area contributed by atoms with Crippen molar-refractivity contribution in [2.24, 2.45) is 0 Å². The van der Waals surface area contributed by atoms with Gasteiger partial charge >= 0.3 is 0 Å². The van der Waals surface area contributed by atoms with E-state index < -0.39 is 0 Å². The molecule has 1 aromatic heterocycles. The molecular weight excluding hydrogens is 202 g/mol. The molecule has 0 N–H and O–H groups in total. The van der Waals surface area contributed by atoms with E-state index >= 15 is 0 Å². The largest absolute Gasteiger partial charge is 0.242 e. The number of para-hydroxylation sites is 1. The zero-order valence-corrected chi connectivity index (χ0v) is 11.2. The van der Waals surface area contributed by atoms with Crippen LogP contribution in [0.2, 0.25) is 0 Å². The van der Waals surface area contributed by atoms with Gasteiger partial charge < -0.3 is 0 Å². The van der Waals surface area contributed by atoms with Gasteiger partial charge in [0, 0.05) is 0 Å². The van der Waals surface area contributed by atoms with Gasteiger partial charge in [0.25, 0.3) is 0 Å². The number of fused-ring (bicyclic) bond motifs is 1. The second-order valence-corrected chi connectivity index (χ2v) is 4.14. The fraction of sp³-hybridized carbons (Fsp3) is 0.462. The molecule has 1 nitrogen and oxygen atoms in total. The van der Waals surface area contributed by atoms with Crippen molar-refractivity contribution >= 4 is 21.6 Å². The van der Waals surface area contributed by atoms with Crippen molar-refractivity contribution in [1.82, 2.24) is 4.98 Å². The first kappa shape index (κ1) is 14.1. The molecule has 84 valence electrons. The van der Waals surface area contributed by atoms with E-state index in [1.807, 2.05) is 39.0 Å². The summed E-state index contributed by atoms with van der Waals surface area (Å²) < 4.78 is 1.28. The molecule has 0 atom stereocenters. The molecule has 0 spiro atoms. The monoisotopic (exact) mass is 223 g/mol. The van der Waals surface area contributed by atoms with Crippen LogP contribution in [-0.2, 0) is 0 Å². The summed E-state index contributed by atoms with van der Waals surface area (Å²) in [6.07, 6.45) is 1.25. The van der Waals surface area contributed by atoms with E-state index in [1.165, 1.54) is 11.1 Å². The van der Waals surface area contributed by atoms with Gasteiger partial charge in [-0.05, 0) is 19.1 Å². The zero-order chi connectivity index (χ0) is 11.7. The molecule has 2 heteroatoms. The topological polar surface area (TPSA) is 12.9 Å². The number of aryl methyl sites for hydroxylation is 1. The van der Waals surface area contributed by atoms with Crippen LogP contribution >= 0.6 is 11.3 Å². The molecular formula is C13H21NS. The molecule has 2 rings (SSSR count). The number of rotatable bonds is 0. The normalized spacial score (nSPS) is 8.60. The second-order valence-electron chi connectivity index (χ2n) is 2.91. The standard InChI is InChI=1S/C8H7NS.C3H8.C2H6/c1-6-9-7-4-2-3-5-8(7)10-6;1-3-2;1-2/h2-5H,1H3;3H2,1-2H3;1-2H3. The van der Waals surface area contributed by atoms with Crippen molar-refractivity contribution in [3.05, 3.63) is 29.3 Å². The van der Waals surface area contributed by atoms with Crippen molar-refractivity contribution in [2.45, 2.75) is 41.0 Å². The van der Waals surface area contributed by atoms with Crippen molar-refractivity contribution < 1.29 is 0 Å². The molecule has 0 saturated heterocycles. The van der Waals surface area contributed by atoms with Gasteiger partial charge in [0.15, 0.2) is 0 Å². The van der Waals surface area contributed by atoms with Gasteiger partial charge in [-0.25, -0.2) is 4.98 Å². The summed E-state index contributed by atoms with van der Waals surface area (Å²) in [6.45, 7) is 10.3. The van der Waals surface area contributed by atoms with Crippen molar-refractivity contribution in [3.8, 4) is 0 Å². The second kappa shape index (κ2) is 8.42. The van der Waals surface area contributed by atoms with Crippen LogP contribution in [0.25, 0.3) is 10.2 Å². The Hall–Kier alpha value is -0.890. The lowest BCUT2D eigenvalue weighted by atomic mass is 10.3. The maximum atomic E-state index is 4.33. The van der Waals surface area contributed by atoms with Crippen LogP contribution in [0, 0.1) is 6.92 Å². The maximum Gasteiger partial charge on any atom is 0.0907 e. The van der Waals surface area contributed by atoms with E-state index in [0.717, 1.165) is 10.5 Å². The highest BCUT2D eigenvalue weighted by Crippen LogP contribution is 2.19. The summed E-state index contributed by atoms with van der Waals surface area (Å²) in [6, 6.07) is 8.19. The van der Waals surface area contributed by atoms with Crippen LogP contribution in [0.15, 0.2) is 24.3 Å². The lowest BCUT2D eigenvalue weighted by Gasteiger charge is -1.80. The minimum absolute atomic E-state index is 1.12. The Morgan fingerprint density at radius 2 is 1.67 bits per heavy atom. The van der Waals surface area contributed by atoms with Gasteiger partial charge in [-0.2, -0.15) is 0 Å². The third-order valence-corrected chi connectivity index (χ3v) is 2.35. The minimum Gasteiger partial charge on any atom is -0.242 e. The van der Waals surface area contributed by atoms with Gasteiger partial charge in [-0.3, -0.25) is 0 Å². The number of nitrogens with zero attached hydrogens (tertiary/aromatic N) is 1. The summed E-state index contributed by atoms with van der Waals surface area (Å²) in [4.78, 5) is 4.33. The Morgan fingerprint density at radius 1 is 1.13 bits per heavy atom. The van der Waals surface area contributed by atoms with Crippen molar-refractivity contribution in [1.29, 1.82) is 0 Å². The van der Waals surface area contributed by atoms with Crippen LogP contribution in [-0.4, -0.2) is 4.98 Å². The third kappa shape index (κ3) is 4.93.